The first-order chi connectivity index (χ1) is 16.6. The number of fused-ring (bicyclic) bond motifs is 2. The molecule has 9 nitrogen and oxygen atoms in total. The molecular formula is C25H36N6O3. The molecule has 1 aromatic heterocycles. The van der Waals surface area contributed by atoms with Crippen LogP contribution in [-0.4, -0.2) is 92.9 Å². The fourth-order valence-corrected chi connectivity index (χ4v) is 5.19. The number of likely N-dealkylation sites (N-methyl/N-ethyl adjacent to an activating group) is 1. The fourth-order valence-electron chi connectivity index (χ4n) is 5.19. The lowest BCUT2D eigenvalue weighted by Crippen LogP contribution is -2.44. The number of piperazine rings is 1. The van der Waals surface area contributed by atoms with Gasteiger partial charge in [-0.1, -0.05) is 12.1 Å². The van der Waals surface area contributed by atoms with Crippen LogP contribution < -0.4 is 25.2 Å². The highest BCUT2D eigenvalue weighted by Crippen LogP contribution is 2.33. The average molecular weight is 469 g/mol. The Bertz CT molecular complexity index is 969. The summed E-state index contributed by atoms with van der Waals surface area (Å²) in [5.41, 5.74) is 0.909. The van der Waals surface area contributed by atoms with Gasteiger partial charge in [0.05, 0.1) is 0 Å². The number of anilines is 2. The Kier molecular flexibility index (Phi) is 7.15. The molecule has 2 aromatic rings. The summed E-state index contributed by atoms with van der Waals surface area (Å²) < 4.78 is 11.4. The van der Waals surface area contributed by atoms with Gasteiger partial charge in [0.15, 0.2) is 5.82 Å². The Hall–Kier alpha value is -2.46. The van der Waals surface area contributed by atoms with Crippen LogP contribution in [0.1, 0.15) is 19.3 Å². The minimum Gasteiger partial charge on any atom is -0.491 e. The van der Waals surface area contributed by atoms with Gasteiger partial charge in [0.1, 0.15) is 30.1 Å². The van der Waals surface area contributed by atoms with Crippen LogP contribution in [0.5, 0.6) is 5.75 Å². The van der Waals surface area contributed by atoms with Crippen LogP contribution in [0.15, 0.2) is 30.3 Å². The number of nitrogens with one attached hydrogen (secondary N) is 2. The summed E-state index contributed by atoms with van der Waals surface area (Å²) in [6.07, 6.45) is 2.61. The van der Waals surface area contributed by atoms with E-state index in [0.29, 0.717) is 36.2 Å². The van der Waals surface area contributed by atoms with Gasteiger partial charge in [-0.05, 0) is 38.4 Å². The van der Waals surface area contributed by atoms with Crippen molar-refractivity contribution >= 4 is 11.6 Å². The summed E-state index contributed by atoms with van der Waals surface area (Å²) in [6, 6.07) is 11.4. The summed E-state index contributed by atoms with van der Waals surface area (Å²) in [4.78, 5) is 14.7. The third-order valence-corrected chi connectivity index (χ3v) is 7.12. The van der Waals surface area contributed by atoms with Crippen LogP contribution in [0, 0.1) is 0 Å². The van der Waals surface area contributed by atoms with Crippen molar-refractivity contribution in [2.45, 2.75) is 43.5 Å². The van der Waals surface area contributed by atoms with Crippen molar-refractivity contribution in [3.05, 3.63) is 30.3 Å². The molecule has 34 heavy (non-hydrogen) atoms. The monoisotopic (exact) mass is 468 g/mol. The van der Waals surface area contributed by atoms with Gasteiger partial charge in [-0.2, -0.15) is 0 Å². The number of hydrogen-bond acceptors (Lipinski definition) is 9. The minimum atomic E-state index is -0.563. The summed E-state index contributed by atoms with van der Waals surface area (Å²) in [5.74, 6) is 3.33. The van der Waals surface area contributed by atoms with Gasteiger partial charge >= 0.3 is 0 Å². The molecule has 3 N–H and O–H groups in total. The third-order valence-electron chi connectivity index (χ3n) is 7.12. The van der Waals surface area contributed by atoms with E-state index in [9.17, 15) is 5.11 Å². The second-order valence-electron chi connectivity index (χ2n) is 9.56. The van der Waals surface area contributed by atoms with Crippen molar-refractivity contribution in [3.8, 4) is 17.1 Å². The molecule has 9 heteroatoms. The lowest BCUT2D eigenvalue weighted by Gasteiger charge is -2.34. The molecule has 0 aliphatic carbocycles. The Morgan fingerprint density at radius 3 is 2.88 bits per heavy atom. The Morgan fingerprint density at radius 2 is 2.15 bits per heavy atom. The number of benzene rings is 1. The van der Waals surface area contributed by atoms with Crippen LogP contribution in [0.2, 0.25) is 0 Å². The molecule has 0 spiro atoms. The fraction of sp³-hybridized carbons (Fsp3) is 0.600. The molecule has 3 unspecified atom stereocenters. The molecule has 3 fully saturated rings. The zero-order valence-electron chi connectivity index (χ0n) is 20.1. The highest BCUT2D eigenvalue weighted by Gasteiger charge is 2.38. The molecule has 184 valence electrons. The zero-order valence-corrected chi connectivity index (χ0v) is 20.1. The largest absolute Gasteiger partial charge is 0.491 e. The van der Waals surface area contributed by atoms with E-state index in [2.05, 4.69) is 33.5 Å². The van der Waals surface area contributed by atoms with E-state index < -0.39 is 6.10 Å². The first-order valence-corrected chi connectivity index (χ1v) is 12.4. The van der Waals surface area contributed by atoms with E-state index >= 15 is 0 Å². The summed E-state index contributed by atoms with van der Waals surface area (Å²) in [6.45, 7) is 4.29. The van der Waals surface area contributed by atoms with Crippen molar-refractivity contribution in [2.24, 2.45) is 0 Å². The van der Waals surface area contributed by atoms with Crippen molar-refractivity contribution in [1.82, 2.24) is 20.6 Å². The van der Waals surface area contributed by atoms with Crippen LogP contribution >= 0.6 is 0 Å². The van der Waals surface area contributed by atoms with Crippen LogP contribution in [0.25, 0.3) is 11.4 Å². The third kappa shape index (κ3) is 5.12. The lowest BCUT2D eigenvalue weighted by atomic mass is 10.1. The number of aromatic nitrogens is 2. The number of aliphatic hydroxyl groups excluding tert-OH is 1. The van der Waals surface area contributed by atoms with Gasteiger partial charge < -0.3 is 35.0 Å². The van der Waals surface area contributed by atoms with Gasteiger partial charge in [0.2, 0.25) is 0 Å². The van der Waals surface area contributed by atoms with Gasteiger partial charge in [0, 0.05) is 69.7 Å². The van der Waals surface area contributed by atoms with E-state index in [0.717, 1.165) is 56.3 Å². The van der Waals surface area contributed by atoms with Crippen LogP contribution in [0.4, 0.5) is 11.6 Å². The molecule has 1 aromatic carbocycles. The van der Waals surface area contributed by atoms with E-state index in [1.807, 2.05) is 31.3 Å². The molecule has 3 aliphatic heterocycles. The molecule has 5 rings (SSSR count). The van der Waals surface area contributed by atoms with Crippen molar-refractivity contribution in [3.63, 3.8) is 0 Å². The van der Waals surface area contributed by atoms with Gasteiger partial charge in [-0.3, -0.25) is 0 Å². The maximum atomic E-state index is 9.99. The number of rotatable bonds is 9. The first kappa shape index (κ1) is 23.3. The molecule has 3 atom stereocenters. The van der Waals surface area contributed by atoms with E-state index in [-0.39, 0.29) is 6.61 Å². The Morgan fingerprint density at radius 1 is 1.29 bits per heavy atom. The number of ether oxygens (including phenoxy) is 2. The topological polar surface area (TPSA) is 95.0 Å². The standard InChI is InChI=1S/C25H36N6O3/c1-26-14-21(32)16-34-22-5-3-4-17(10-22)25-28-23(30(2)19-6-8-33-9-7-19)12-24(29-25)31-15-18-11-20(31)13-27-18/h3-5,10,12,18-21,26-27,32H,6-9,11,13-16H2,1-2H3. The highest BCUT2D eigenvalue weighted by atomic mass is 16.5. The summed E-state index contributed by atoms with van der Waals surface area (Å²) in [7, 11) is 3.94. The minimum absolute atomic E-state index is 0.229. The Labute approximate surface area is 201 Å². The second kappa shape index (κ2) is 10.4. The maximum absolute atomic E-state index is 9.99. The predicted molar refractivity (Wildman–Crippen MR) is 133 cm³/mol. The quantitative estimate of drug-likeness (QED) is 0.503. The van der Waals surface area contributed by atoms with Crippen molar-refractivity contribution in [1.29, 1.82) is 0 Å². The molecule has 2 bridgehead atoms. The van der Waals surface area contributed by atoms with Crippen LogP contribution in [0.3, 0.4) is 0 Å². The molecule has 3 saturated heterocycles. The molecule has 0 radical (unpaired) electrons. The molecule has 3 aliphatic rings. The number of hydrogen-bond donors (Lipinski definition) is 3. The highest BCUT2D eigenvalue weighted by molar-refractivity contribution is 5.64. The predicted octanol–water partition coefficient (Wildman–Crippen LogP) is 1.27. The van der Waals surface area contributed by atoms with E-state index in [1.165, 1.54) is 6.42 Å². The van der Waals surface area contributed by atoms with E-state index in [1.54, 1.807) is 0 Å². The lowest BCUT2D eigenvalue weighted by molar-refractivity contribution is 0.0853. The summed E-state index contributed by atoms with van der Waals surface area (Å²) >= 11 is 0. The summed E-state index contributed by atoms with van der Waals surface area (Å²) in [5, 5.41) is 16.5. The second-order valence-corrected chi connectivity index (χ2v) is 9.56. The molecule has 0 saturated carbocycles. The number of aliphatic hydroxyl groups is 1. The SMILES string of the molecule is CNCC(O)COc1cccc(-c2nc(N(C)C3CCOCC3)cc(N3CC4CC3CN4)n2)c1. The molecule has 0 amide bonds. The molecule has 4 heterocycles. The molecular weight excluding hydrogens is 432 g/mol. The van der Waals surface area contributed by atoms with Crippen molar-refractivity contribution in [2.75, 3.05) is 63.4 Å². The maximum Gasteiger partial charge on any atom is 0.163 e. The normalized spacial score (nSPS) is 23.3. The van der Waals surface area contributed by atoms with Gasteiger partial charge in [0.25, 0.3) is 0 Å². The zero-order chi connectivity index (χ0) is 23.5. The smallest absolute Gasteiger partial charge is 0.163 e. The average Bonchev–Trinajstić information content (AvgIpc) is 3.52. The van der Waals surface area contributed by atoms with E-state index in [4.69, 9.17) is 19.4 Å². The Balaban J connectivity index is 1.44. The number of nitrogens with zero attached hydrogens (tertiary/aromatic N) is 4. The van der Waals surface area contributed by atoms with Gasteiger partial charge in [-0.15, -0.1) is 0 Å². The first-order valence-electron chi connectivity index (χ1n) is 12.4. The van der Waals surface area contributed by atoms with Crippen LogP contribution in [-0.2, 0) is 4.74 Å². The van der Waals surface area contributed by atoms with Crippen molar-refractivity contribution < 1.29 is 14.6 Å². The van der Waals surface area contributed by atoms with Gasteiger partial charge in [-0.25, -0.2) is 9.97 Å².